The van der Waals surface area contributed by atoms with Crippen molar-refractivity contribution in [1.82, 2.24) is 19.8 Å². The number of hydrogen-bond donors (Lipinski definition) is 1. The number of carbonyl (C=O) groups excluding carboxylic acids is 1. The lowest BCUT2D eigenvalue weighted by Crippen LogP contribution is -2.33. The summed E-state index contributed by atoms with van der Waals surface area (Å²) in [6.45, 7) is 2.16. The predicted octanol–water partition coefficient (Wildman–Crippen LogP) is 2.15. The molecule has 3 rings (SSSR count). The minimum Gasteiger partial charge on any atom is -0.340 e. The maximum atomic E-state index is 13.2. The lowest BCUT2D eigenvalue weighted by Gasteiger charge is -2.21. The van der Waals surface area contributed by atoms with Crippen molar-refractivity contribution in [2.75, 3.05) is 12.9 Å². The molecule has 1 aliphatic rings. The van der Waals surface area contributed by atoms with Gasteiger partial charge in [0.1, 0.15) is 5.82 Å². The summed E-state index contributed by atoms with van der Waals surface area (Å²) in [5.41, 5.74) is 0.751. The van der Waals surface area contributed by atoms with E-state index in [-0.39, 0.29) is 17.0 Å². The van der Waals surface area contributed by atoms with Crippen LogP contribution in [0.1, 0.15) is 37.1 Å². The van der Waals surface area contributed by atoms with Crippen LogP contribution in [-0.2, 0) is 11.3 Å². The van der Waals surface area contributed by atoms with Crippen molar-refractivity contribution in [3.8, 4) is 0 Å². The van der Waals surface area contributed by atoms with Crippen LogP contribution in [0.3, 0.4) is 0 Å². The van der Waals surface area contributed by atoms with Gasteiger partial charge in [0.05, 0.1) is 5.25 Å². The highest BCUT2D eigenvalue weighted by Crippen LogP contribution is 2.39. The normalized spacial score (nSPS) is 15.3. The number of aromatic nitrogens is 3. The second kappa shape index (κ2) is 6.80. The van der Waals surface area contributed by atoms with Gasteiger partial charge in [-0.25, -0.2) is 9.07 Å². The third-order valence-corrected chi connectivity index (χ3v) is 4.99. The first-order valence-electron chi connectivity index (χ1n) is 7.82. The van der Waals surface area contributed by atoms with E-state index in [1.54, 1.807) is 31.0 Å². The van der Waals surface area contributed by atoms with E-state index in [1.165, 1.54) is 28.6 Å². The van der Waals surface area contributed by atoms with E-state index < -0.39 is 0 Å². The molecular weight excluding hydrogens is 329 g/mol. The molecule has 0 bridgehead atoms. The SMILES string of the molecule is C[C@H](Sc1nnc(C2CC2)n1N)C(=O)N(C)Cc1cccc(F)c1. The average molecular weight is 349 g/mol. The van der Waals surface area contributed by atoms with E-state index in [9.17, 15) is 9.18 Å². The summed E-state index contributed by atoms with van der Waals surface area (Å²) in [4.78, 5) is 14.1. The Bertz CT molecular complexity index is 746. The summed E-state index contributed by atoms with van der Waals surface area (Å²) in [6.07, 6.45) is 2.18. The highest BCUT2D eigenvalue weighted by atomic mass is 32.2. The highest BCUT2D eigenvalue weighted by Gasteiger charge is 2.31. The molecule has 1 aliphatic carbocycles. The second-order valence-electron chi connectivity index (χ2n) is 6.07. The molecule has 0 saturated heterocycles. The second-order valence-corrected chi connectivity index (χ2v) is 7.38. The third kappa shape index (κ3) is 3.69. The van der Waals surface area contributed by atoms with E-state index >= 15 is 0 Å². The van der Waals surface area contributed by atoms with Gasteiger partial charge in [-0.3, -0.25) is 4.79 Å². The lowest BCUT2D eigenvalue weighted by molar-refractivity contribution is -0.129. The van der Waals surface area contributed by atoms with Crippen LogP contribution in [0.5, 0.6) is 0 Å². The van der Waals surface area contributed by atoms with E-state index in [0.29, 0.717) is 17.6 Å². The van der Waals surface area contributed by atoms with E-state index in [2.05, 4.69) is 10.2 Å². The van der Waals surface area contributed by atoms with Gasteiger partial charge in [0.15, 0.2) is 5.82 Å². The number of halogens is 1. The summed E-state index contributed by atoms with van der Waals surface area (Å²) in [5, 5.41) is 8.38. The first kappa shape index (κ1) is 16.8. The number of carbonyl (C=O) groups is 1. The van der Waals surface area contributed by atoms with Gasteiger partial charge in [0.2, 0.25) is 11.1 Å². The first-order valence-corrected chi connectivity index (χ1v) is 8.70. The zero-order valence-corrected chi connectivity index (χ0v) is 14.5. The van der Waals surface area contributed by atoms with Crippen LogP contribution in [0.4, 0.5) is 4.39 Å². The number of nitrogens with two attached hydrogens (primary N) is 1. The molecule has 1 aromatic heterocycles. The fourth-order valence-corrected chi connectivity index (χ4v) is 3.39. The van der Waals surface area contributed by atoms with Gasteiger partial charge in [-0.05, 0) is 37.5 Å². The topological polar surface area (TPSA) is 77.0 Å². The van der Waals surface area contributed by atoms with Gasteiger partial charge in [-0.15, -0.1) is 10.2 Å². The van der Waals surface area contributed by atoms with Crippen molar-refractivity contribution >= 4 is 17.7 Å². The Morgan fingerprint density at radius 2 is 2.25 bits per heavy atom. The molecule has 0 unspecified atom stereocenters. The molecule has 1 fully saturated rings. The molecule has 8 heteroatoms. The number of hydrogen-bond acceptors (Lipinski definition) is 5. The molecule has 1 aromatic carbocycles. The quantitative estimate of drug-likeness (QED) is 0.639. The van der Waals surface area contributed by atoms with Crippen LogP contribution in [0.15, 0.2) is 29.4 Å². The zero-order valence-electron chi connectivity index (χ0n) is 13.6. The molecule has 2 aromatic rings. The van der Waals surface area contributed by atoms with Crippen molar-refractivity contribution in [3.63, 3.8) is 0 Å². The summed E-state index contributed by atoms with van der Waals surface area (Å²) in [6, 6.07) is 6.25. The van der Waals surface area contributed by atoms with Crippen molar-refractivity contribution in [3.05, 3.63) is 41.5 Å². The number of thioether (sulfide) groups is 1. The van der Waals surface area contributed by atoms with E-state index in [1.807, 2.05) is 0 Å². The summed E-state index contributed by atoms with van der Waals surface area (Å²) < 4.78 is 14.7. The molecule has 0 aliphatic heterocycles. The Balaban J connectivity index is 1.61. The van der Waals surface area contributed by atoms with Crippen LogP contribution in [0, 0.1) is 5.82 Å². The number of amides is 1. The molecule has 128 valence electrons. The molecule has 1 atom stereocenters. The molecule has 0 radical (unpaired) electrons. The summed E-state index contributed by atoms with van der Waals surface area (Å²) >= 11 is 1.29. The van der Waals surface area contributed by atoms with Gasteiger partial charge in [-0.1, -0.05) is 23.9 Å². The first-order chi connectivity index (χ1) is 11.5. The Morgan fingerprint density at radius 3 is 2.92 bits per heavy atom. The number of nitrogens with zero attached hydrogens (tertiary/aromatic N) is 4. The molecule has 24 heavy (non-hydrogen) atoms. The van der Waals surface area contributed by atoms with Crippen LogP contribution < -0.4 is 5.84 Å². The molecule has 0 spiro atoms. The Hall–Kier alpha value is -2.09. The van der Waals surface area contributed by atoms with Crippen molar-refractivity contribution in [2.45, 2.75) is 42.6 Å². The molecule has 2 N–H and O–H groups in total. The third-order valence-electron chi connectivity index (χ3n) is 3.95. The smallest absolute Gasteiger partial charge is 0.235 e. The van der Waals surface area contributed by atoms with Gasteiger partial charge in [-0.2, -0.15) is 0 Å². The van der Waals surface area contributed by atoms with Gasteiger partial charge < -0.3 is 10.7 Å². The Labute approximate surface area is 144 Å². The summed E-state index contributed by atoms with van der Waals surface area (Å²) in [5.74, 6) is 6.82. The number of benzene rings is 1. The zero-order chi connectivity index (χ0) is 17.3. The molecule has 1 saturated carbocycles. The molecule has 1 amide bonds. The number of nitrogen functional groups attached to an aromatic ring is 1. The minimum atomic E-state index is -0.359. The van der Waals surface area contributed by atoms with Crippen molar-refractivity contribution in [2.24, 2.45) is 0 Å². The number of rotatable bonds is 6. The van der Waals surface area contributed by atoms with Crippen LogP contribution in [0.25, 0.3) is 0 Å². The van der Waals surface area contributed by atoms with Crippen molar-refractivity contribution in [1.29, 1.82) is 0 Å². The maximum Gasteiger partial charge on any atom is 0.235 e. The lowest BCUT2D eigenvalue weighted by atomic mass is 10.2. The minimum absolute atomic E-state index is 0.0692. The van der Waals surface area contributed by atoms with E-state index in [4.69, 9.17) is 5.84 Å². The predicted molar refractivity (Wildman–Crippen MR) is 90.3 cm³/mol. The van der Waals surface area contributed by atoms with Crippen LogP contribution in [-0.4, -0.2) is 38.0 Å². The fraction of sp³-hybridized carbons (Fsp3) is 0.438. The van der Waals surface area contributed by atoms with Gasteiger partial charge in [0.25, 0.3) is 0 Å². The Morgan fingerprint density at radius 1 is 1.50 bits per heavy atom. The standard InChI is InChI=1S/C16H20FN5OS/c1-10(24-16-20-19-14(22(16)18)12-6-7-12)15(23)21(2)9-11-4-3-5-13(17)8-11/h3-5,8,10,12H,6-7,9,18H2,1-2H3/t10-/m0/s1. The average Bonchev–Trinajstić information content (AvgIpc) is 3.32. The van der Waals surface area contributed by atoms with E-state index in [0.717, 1.165) is 24.2 Å². The monoisotopic (exact) mass is 349 g/mol. The fourth-order valence-electron chi connectivity index (χ4n) is 2.49. The van der Waals surface area contributed by atoms with Crippen LogP contribution in [0.2, 0.25) is 0 Å². The van der Waals surface area contributed by atoms with Gasteiger partial charge >= 0.3 is 0 Å². The maximum absolute atomic E-state index is 13.2. The van der Waals surface area contributed by atoms with Crippen molar-refractivity contribution < 1.29 is 9.18 Å². The molecular formula is C16H20FN5OS. The largest absolute Gasteiger partial charge is 0.340 e. The van der Waals surface area contributed by atoms with Crippen LogP contribution >= 0.6 is 11.8 Å². The molecule has 6 nitrogen and oxygen atoms in total. The Kier molecular flexibility index (Phi) is 4.75. The highest BCUT2D eigenvalue weighted by molar-refractivity contribution is 8.00. The summed E-state index contributed by atoms with van der Waals surface area (Å²) in [7, 11) is 1.70. The molecule has 1 heterocycles. The van der Waals surface area contributed by atoms with Gasteiger partial charge in [0, 0.05) is 19.5 Å².